The molecule has 1 heterocycles. The fraction of sp³-hybridized carbons (Fsp3) is 0.583. The van der Waals surface area contributed by atoms with Crippen LogP contribution in [0.3, 0.4) is 0 Å². The van der Waals surface area contributed by atoms with Gasteiger partial charge in [0.2, 0.25) is 5.91 Å². The maximum atomic E-state index is 11.5. The molecule has 104 valence electrons. The fourth-order valence-electron chi connectivity index (χ4n) is 1.52. The van der Waals surface area contributed by atoms with Crippen LogP contribution >= 0.6 is 23.1 Å². The third-order valence-corrected chi connectivity index (χ3v) is 4.98. The van der Waals surface area contributed by atoms with Gasteiger partial charge in [0, 0.05) is 23.1 Å². The van der Waals surface area contributed by atoms with Gasteiger partial charge in [0.25, 0.3) is 0 Å². The van der Waals surface area contributed by atoms with E-state index in [1.807, 2.05) is 6.92 Å². The molecule has 2 rings (SSSR count). The Hall–Kier alpha value is -1.08. The van der Waals surface area contributed by atoms with E-state index in [1.54, 1.807) is 0 Å². The van der Waals surface area contributed by atoms with E-state index in [0.717, 1.165) is 27.8 Å². The Balaban J connectivity index is 1.75. The molecule has 1 aliphatic carbocycles. The first-order valence-corrected chi connectivity index (χ1v) is 7.95. The largest absolute Gasteiger partial charge is 0.481 e. The number of hydrogen-bond donors (Lipinski definition) is 2. The van der Waals surface area contributed by atoms with Crippen LogP contribution in [0.15, 0.2) is 4.34 Å². The molecular formula is C12H16N2O3S2. The second kappa shape index (κ2) is 6.38. The molecule has 1 aromatic rings. The number of carboxylic acids is 1. The summed E-state index contributed by atoms with van der Waals surface area (Å²) in [6.07, 6.45) is 2.70. The standard InChI is InChI=1S/C12H16N2O3S2/c1-7-9(6-11(16)17)19-12(13-7)18-5-4-10(15)14-8-2-3-8/h8H,2-6H2,1H3,(H,14,15)(H,16,17). The number of rotatable bonds is 7. The van der Waals surface area contributed by atoms with Gasteiger partial charge in [-0.2, -0.15) is 0 Å². The maximum absolute atomic E-state index is 11.5. The second-order valence-electron chi connectivity index (χ2n) is 4.50. The van der Waals surface area contributed by atoms with E-state index in [2.05, 4.69) is 10.3 Å². The van der Waals surface area contributed by atoms with E-state index >= 15 is 0 Å². The van der Waals surface area contributed by atoms with Gasteiger partial charge in [-0.05, 0) is 19.8 Å². The van der Waals surface area contributed by atoms with E-state index in [4.69, 9.17) is 5.11 Å². The van der Waals surface area contributed by atoms with Gasteiger partial charge in [-0.15, -0.1) is 11.3 Å². The van der Waals surface area contributed by atoms with Crippen molar-refractivity contribution >= 4 is 35.0 Å². The van der Waals surface area contributed by atoms with Crippen LogP contribution in [-0.4, -0.2) is 33.8 Å². The highest BCUT2D eigenvalue weighted by molar-refractivity contribution is 8.01. The van der Waals surface area contributed by atoms with Crippen molar-refractivity contribution in [2.24, 2.45) is 0 Å². The highest BCUT2D eigenvalue weighted by Gasteiger charge is 2.22. The monoisotopic (exact) mass is 300 g/mol. The van der Waals surface area contributed by atoms with E-state index in [0.29, 0.717) is 18.2 Å². The third kappa shape index (κ3) is 4.83. The van der Waals surface area contributed by atoms with Gasteiger partial charge in [0.05, 0.1) is 12.1 Å². The zero-order valence-corrected chi connectivity index (χ0v) is 12.3. The number of carbonyl (C=O) groups is 2. The Bertz CT molecular complexity index is 483. The van der Waals surface area contributed by atoms with Crippen LogP contribution < -0.4 is 5.32 Å². The number of thiazole rings is 1. The maximum Gasteiger partial charge on any atom is 0.308 e. The summed E-state index contributed by atoms with van der Waals surface area (Å²) < 4.78 is 0.841. The van der Waals surface area contributed by atoms with Gasteiger partial charge in [-0.3, -0.25) is 9.59 Å². The molecular weight excluding hydrogens is 284 g/mol. The molecule has 0 aromatic carbocycles. The number of thioether (sulfide) groups is 1. The summed E-state index contributed by atoms with van der Waals surface area (Å²) in [7, 11) is 0. The molecule has 2 N–H and O–H groups in total. The van der Waals surface area contributed by atoms with Crippen molar-refractivity contribution in [2.45, 2.75) is 43.0 Å². The normalized spacial score (nSPS) is 14.4. The van der Waals surface area contributed by atoms with Crippen molar-refractivity contribution in [1.29, 1.82) is 0 Å². The first-order valence-electron chi connectivity index (χ1n) is 6.15. The van der Waals surface area contributed by atoms with Crippen LogP contribution in [0.4, 0.5) is 0 Å². The first-order chi connectivity index (χ1) is 9.04. The Morgan fingerprint density at radius 1 is 1.53 bits per heavy atom. The number of amides is 1. The first kappa shape index (κ1) is 14.3. The van der Waals surface area contributed by atoms with Crippen molar-refractivity contribution in [3.63, 3.8) is 0 Å². The molecule has 0 radical (unpaired) electrons. The molecule has 0 atom stereocenters. The number of aromatic nitrogens is 1. The number of aryl methyl sites for hydroxylation is 1. The quantitative estimate of drug-likeness (QED) is 0.751. The number of nitrogens with zero attached hydrogens (tertiary/aromatic N) is 1. The van der Waals surface area contributed by atoms with Crippen LogP contribution in [0.25, 0.3) is 0 Å². The Morgan fingerprint density at radius 3 is 2.89 bits per heavy atom. The second-order valence-corrected chi connectivity index (χ2v) is 6.92. The molecule has 1 aromatic heterocycles. The number of carboxylic acid groups (broad SMARTS) is 1. The van der Waals surface area contributed by atoms with Gasteiger partial charge in [0.1, 0.15) is 4.34 Å². The number of aliphatic carboxylic acids is 1. The topological polar surface area (TPSA) is 79.3 Å². The lowest BCUT2D eigenvalue weighted by atomic mass is 10.3. The summed E-state index contributed by atoms with van der Waals surface area (Å²) in [6.45, 7) is 1.82. The molecule has 1 saturated carbocycles. The van der Waals surface area contributed by atoms with Gasteiger partial charge in [-0.1, -0.05) is 11.8 Å². The average molecular weight is 300 g/mol. The molecule has 1 aliphatic rings. The molecule has 5 nitrogen and oxygen atoms in total. The Kier molecular flexibility index (Phi) is 4.81. The Morgan fingerprint density at radius 2 is 2.26 bits per heavy atom. The minimum Gasteiger partial charge on any atom is -0.481 e. The summed E-state index contributed by atoms with van der Waals surface area (Å²) in [5.41, 5.74) is 0.775. The van der Waals surface area contributed by atoms with Crippen LogP contribution in [0.5, 0.6) is 0 Å². The van der Waals surface area contributed by atoms with Gasteiger partial charge < -0.3 is 10.4 Å². The van der Waals surface area contributed by atoms with Gasteiger partial charge in [0.15, 0.2) is 0 Å². The molecule has 0 unspecified atom stereocenters. The van der Waals surface area contributed by atoms with Crippen molar-refractivity contribution in [3.05, 3.63) is 10.6 Å². The lowest BCUT2D eigenvalue weighted by Crippen LogP contribution is -2.25. The molecule has 0 spiro atoms. The molecule has 0 bridgehead atoms. The zero-order chi connectivity index (χ0) is 13.8. The highest BCUT2D eigenvalue weighted by atomic mass is 32.2. The molecule has 0 aliphatic heterocycles. The summed E-state index contributed by atoms with van der Waals surface area (Å²) >= 11 is 2.92. The molecule has 1 amide bonds. The van der Waals surface area contributed by atoms with E-state index < -0.39 is 5.97 Å². The van der Waals surface area contributed by atoms with Crippen molar-refractivity contribution in [3.8, 4) is 0 Å². The predicted octanol–water partition coefficient (Wildman–Crippen LogP) is 1.84. The summed E-state index contributed by atoms with van der Waals surface area (Å²) in [5, 5.41) is 11.7. The third-order valence-electron chi connectivity index (χ3n) is 2.68. The summed E-state index contributed by atoms with van der Waals surface area (Å²) in [4.78, 5) is 27.3. The Labute approximate surface area is 119 Å². The number of carbonyl (C=O) groups excluding carboxylic acids is 1. The lowest BCUT2D eigenvalue weighted by molar-refractivity contribution is -0.136. The zero-order valence-electron chi connectivity index (χ0n) is 10.6. The molecule has 0 saturated heterocycles. The smallest absolute Gasteiger partial charge is 0.308 e. The lowest BCUT2D eigenvalue weighted by Gasteiger charge is -2.01. The van der Waals surface area contributed by atoms with Crippen LogP contribution in [-0.2, 0) is 16.0 Å². The van der Waals surface area contributed by atoms with E-state index in [-0.39, 0.29) is 12.3 Å². The van der Waals surface area contributed by atoms with Crippen molar-refractivity contribution in [1.82, 2.24) is 10.3 Å². The predicted molar refractivity (Wildman–Crippen MR) is 74.7 cm³/mol. The number of hydrogen-bond acceptors (Lipinski definition) is 5. The van der Waals surface area contributed by atoms with E-state index in [1.165, 1.54) is 23.1 Å². The average Bonchev–Trinajstić information content (AvgIpc) is 3.04. The van der Waals surface area contributed by atoms with Crippen LogP contribution in [0, 0.1) is 6.92 Å². The fourth-order valence-corrected chi connectivity index (χ4v) is 3.76. The van der Waals surface area contributed by atoms with Gasteiger partial charge >= 0.3 is 5.97 Å². The van der Waals surface area contributed by atoms with Crippen molar-refractivity contribution < 1.29 is 14.7 Å². The molecule has 7 heteroatoms. The van der Waals surface area contributed by atoms with Crippen molar-refractivity contribution in [2.75, 3.05) is 5.75 Å². The van der Waals surface area contributed by atoms with Crippen LogP contribution in [0.1, 0.15) is 29.8 Å². The molecule has 1 fully saturated rings. The summed E-state index contributed by atoms with van der Waals surface area (Å²) in [6, 6.07) is 0.404. The van der Waals surface area contributed by atoms with Gasteiger partial charge in [-0.25, -0.2) is 4.98 Å². The van der Waals surface area contributed by atoms with Crippen LogP contribution in [0.2, 0.25) is 0 Å². The summed E-state index contributed by atoms with van der Waals surface area (Å²) in [5.74, 6) is -0.0703. The van der Waals surface area contributed by atoms with E-state index in [9.17, 15) is 9.59 Å². The molecule has 19 heavy (non-hydrogen) atoms. The minimum atomic E-state index is -0.841. The SMILES string of the molecule is Cc1nc(SCCC(=O)NC2CC2)sc1CC(=O)O. The number of nitrogens with one attached hydrogen (secondary N) is 1. The highest BCUT2D eigenvalue weighted by Crippen LogP contribution is 2.28. The minimum absolute atomic E-state index is 0.0201.